The van der Waals surface area contributed by atoms with Crippen molar-refractivity contribution in [1.82, 2.24) is 9.97 Å². The Morgan fingerprint density at radius 2 is 2.31 bits per heavy atom. The number of carbonyl (C=O) groups is 1. The molecule has 2 N–H and O–H groups in total. The van der Waals surface area contributed by atoms with Crippen molar-refractivity contribution < 1.29 is 9.90 Å². The fourth-order valence-electron chi connectivity index (χ4n) is 1.17. The molecular weight excluding hydrogens is 208 g/mol. The third-order valence-electron chi connectivity index (χ3n) is 1.98. The fraction of sp³-hybridized carbons (Fsp3) is 0.400. The summed E-state index contributed by atoms with van der Waals surface area (Å²) in [6.07, 6.45) is 3.46. The first-order valence-corrected chi connectivity index (χ1v) is 4.83. The van der Waals surface area contributed by atoms with E-state index in [9.17, 15) is 4.79 Å². The Morgan fingerprint density at radius 3 is 2.94 bits per heavy atom. The van der Waals surface area contributed by atoms with E-state index in [4.69, 9.17) is 10.4 Å². The lowest BCUT2D eigenvalue weighted by Crippen LogP contribution is -2.18. The largest absolute Gasteiger partial charge is 0.481 e. The van der Waals surface area contributed by atoms with Gasteiger partial charge in [0.05, 0.1) is 0 Å². The topological polar surface area (TPSA) is 98.9 Å². The Balaban J connectivity index is 2.59. The summed E-state index contributed by atoms with van der Waals surface area (Å²) in [5, 5.41) is 20.2. The number of nitrogens with one attached hydrogen (secondary N) is 1. The SMILES string of the molecule is CC(CCC(=O)O)Nc1nccnc1C#N. The van der Waals surface area contributed by atoms with Crippen molar-refractivity contribution in [1.29, 1.82) is 5.26 Å². The van der Waals surface area contributed by atoms with E-state index >= 15 is 0 Å². The molecule has 0 saturated carbocycles. The molecule has 0 radical (unpaired) electrons. The van der Waals surface area contributed by atoms with E-state index in [-0.39, 0.29) is 18.2 Å². The Kier molecular flexibility index (Phi) is 4.21. The summed E-state index contributed by atoms with van der Waals surface area (Å²) in [6.45, 7) is 1.83. The second kappa shape index (κ2) is 5.66. The van der Waals surface area contributed by atoms with Gasteiger partial charge in [-0.2, -0.15) is 5.26 Å². The average molecular weight is 220 g/mol. The number of aromatic nitrogens is 2. The molecule has 0 aliphatic rings. The molecule has 16 heavy (non-hydrogen) atoms. The second-order valence-electron chi connectivity index (χ2n) is 3.34. The molecule has 0 aliphatic carbocycles. The highest BCUT2D eigenvalue weighted by atomic mass is 16.4. The first-order valence-electron chi connectivity index (χ1n) is 4.83. The number of rotatable bonds is 5. The number of carboxylic acid groups (broad SMARTS) is 1. The van der Waals surface area contributed by atoms with E-state index in [1.807, 2.05) is 13.0 Å². The van der Waals surface area contributed by atoms with Crippen LogP contribution in [0.2, 0.25) is 0 Å². The van der Waals surface area contributed by atoms with E-state index in [0.29, 0.717) is 12.2 Å². The molecule has 1 unspecified atom stereocenters. The molecule has 0 bridgehead atoms. The van der Waals surface area contributed by atoms with Crippen molar-refractivity contribution in [2.24, 2.45) is 0 Å². The summed E-state index contributed by atoms with van der Waals surface area (Å²) in [6, 6.07) is 1.84. The molecular formula is C10H12N4O2. The van der Waals surface area contributed by atoms with E-state index in [2.05, 4.69) is 15.3 Å². The molecule has 0 fully saturated rings. The zero-order valence-corrected chi connectivity index (χ0v) is 8.84. The lowest BCUT2D eigenvalue weighted by atomic mass is 10.2. The summed E-state index contributed by atoms with van der Waals surface area (Å²) in [5.41, 5.74) is 0.213. The van der Waals surface area contributed by atoms with Crippen molar-refractivity contribution >= 4 is 11.8 Å². The van der Waals surface area contributed by atoms with Crippen molar-refractivity contribution in [2.75, 3.05) is 5.32 Å². The van der Waals surface area contributed by atoms with Gasteiger partial charge in [0.25, 0.3) is 0 Å². The predicted octanol–water partition coefficient (Wildman–Crippen LogP) is 1.01. The van der Waals surface area contributed by atoms with Crippen LogP contribution in [0.15, 0.2) is 12.4 Å². The molecule has 1 aromatic heterocycles. The van der Waals surface area contributed by atoms with Crippen molar-refractivity contribution in [3.8, 4) is 6.07 Å². The zero-order valence-electron chi connectivity index (χ0n) is 8.84. The maximum absolute atomic E-state index is 10.4. The number of hydrogen-bond acceptors (Lipinski definition) is 5. The van der Waals surface area contributed by atoms with Gasteiger partial charge in [-0.1, -0.05) is 0 Å². The van der Waals surface area contributed by atoms with Gasteiger partial charge in [-0.3, -0.25) is 4.79 Å². The van der Waals surface area contributed by atoms with Gasteiger partial charge in [0.2, 0.25) is 0 Å². The molecule has 0 amide bonds. The van der Waals surface area contributed by atoms with Gasteiger partial charge >= 0.3 is 5.97 Å². The van der Waals surface area contributed by atoms with Crippen LogP contribution < -0.4 is 5.32 Å². The molecule has 84 valence electrons. The molecule has 0 aromatic carbocycles. The predicted molar refractivity (Wildman–Crippen MR) is 56.7 cm³/mol. The molecule has 6 heteroatoms. The zero-order chi connectivity index (χ0) is 12.0. The first kappa shape index (κ1) is 11.9. The summed E-state index contributed by atoms with van der Waals surface area (Å²) in [4.78, 5) is 18.2. The minimum absolute atomic E-state index is 0.0695. The maximum atomic E-state index is 10.4. The fourth-order valence-corrected chi connectivity index (χ4v) is 1.17. The molecule has 1 aromatic rings. The third-order valence-corrected chi connectivity index (χ3v) is 1.98. The molecule has 0 aliphatic heterocycles. The molecule has 1 atom stereocenters. The third kappa shape index (κ3) is 3.53. The standard InChI is InChI=1S/C10H12N4O2/c1-7(2-3-9(15)16)14-10-8(6-11)12-4-5-13-10/h4-5,7H,2-3H2,1H3,(H,13,14)(H,15,16). The number of aliphatic carboxylic acids is 1. The minimum Gasteiger partial charge on any atom is -0.481 e. The second-order valence-corrected chi connectivity index (χ2v) is 3.34. The Labute approximate surface area is 93.0 Å². The summed E-state index contributed by atoms with van der Waals surface area (Å²) < 4.78 is 0. The van der Waals surface area contributed by atoms with Crippen molar-refractivity contribution in [3.63, 3.8) is 0 Å². The highest BCUT2D eigenvalue weighted by Gasteiger charge is 2.09. The summed E-state index contributed by atoms with van der Waals surface area (Å²) in [7, 11) is 0. The van der Waals surface area contributed by atoms with Crippen LogP contribution in [-0.4, -0.2) is 27.1 Å². The normalized spacial score (nSPS) is 11.5. The van der Waals surface area contributed by atoms with Gasteiger partial charge in [0.1, 0.15) is 6.07 Å². The van der Waals surface area contributed by atoms with Gasteiger partial charge in [0.15, 0.2) is 11.5 Å². The smallest absolute Gasteiger partial charge is 0.303 e. The summed E-state index contributed by atoms with van der Waals surface area (Å²) >= 11 is 0. The minimum atomic E-state index is -0.840. The van der Waals surface area contributed by atoms with E-state index in [1.165, 1.54) is 12.4 Å². The van der Waals surface area contributed by atoms with Crippen LogP contribution in [-0.2, 0) is 4.79 Å². The first-order chi connectivity index (χ1) is 7.63. The van der Waals surface area contributed by atoms with Gasteiger partial charge in [-0.15, -0.1) is 0 Å². The van der Waals surface area contributed by atoms with E-state index in [1.54, 1.807) is 0 Å². The highest BCUT2D eigenvalue weighted by molar-refractivity contribution is 5.66. The van der Waals surface area contributed by atoms with Crippen LogP contribution in [0.1, 0.15) is 25.5 Å². The van der Waals surface area contributed by atoms with Crippen LogP contribution >= 0.6 is 0 Å². The Bertz CT molecular complexity index is 414. The van der Waals surface area contributed by atoms with Crippen LogP contribution in [0.4, 0.5) is 5.82 Å². The number of carboxylic acids is 1. The monoisotopic (exact) mass is 220 g/mol. The molecule has 1 heterocycles. The number of nitriles is 1. The molecule has 1 rings (SSSR count). The Morgan fingerprint density at radius 1 is 1.62 bits per heavy atom. The highest BCUT2D eigenvalue weighted by Crippen LogP contribution is 2.10. The molecule has 6 nitrogen and oxygen atoms in total. The van der Waals surface area contributed by atoms with E-state index < -0.39 is 5.97 Å². The van der Waals surface area contributed by atoms with Crippen molar-refractivity contribution in [3.05, 3.63) is 18.1 Å². The number of hydrogen-bond donors (Lipinski definition) is 2. The number of nitrogens with zero attached hydrogens (tertiary/aromatic N) is 3. The number of anilines is 1. The van der Waals surface area contributed by atoms with Crippen LogP contribution in [0.5, 0.6) is 0 Å². The van der Waals surface area contributed by atoms with Crippen molar-refractivity contribution in [2.45, 2.75) is 25.8 Å². The van der Waals surface area contributed by atoms with Gasteiger partial charge < -0.3 is 10.4 Å². The maximum Gasteiger partial charge on any atom is 0.303 e. The van der Waals surface area contributed by atoms with Gasteiger partial charge in [-0.05, 0) is 13.3 Å². The van der Waals surface area contributed by atoms with E-state index in [0.717, 1.165) is 0 Å². The summed E-state index contributed by atoms with van der Waals surface area (Å²) in [5.74, 6) is -0.448. The van der Waals surface area contributed by atoms with Gasteiger partial charge in [0, 0.05) is 24.9 Å². The van der Waals surface area contributed by atoms with Gasteiger partial charge in [-0.25, -0.2) is 9.97 Å². The Hall–Kier alpha value is -2.16. The van der Waals surface area contributed by atoms with Crippen LogP contribution in [0, 0.1) is 11.3 Å². The lowest BCUT2D eigenvalue weighted by molar-refractivity contribution is -0.137. The molecule has 0 saturated heterocycles. The van der Waals surface area contributed by atoms with Crippen LogP contribution in [0.3, 0.4) is 0 Å². The lowest BCUT2D eigenvalue weighted by Gasteiger charge is -2.13. The molecule has 0 spiro atoms. The van der Waals surface area contributed by atoms with Crippen LogP contribution in [0.25, 0.3) is 0 Å². The average Bonchev–Trinajstić information content (AvgIpc) is 2.27. The quantitative estimate of drug-likeness (QED) is 0.768.